The summed E-state index contributed by atoms with van der Waals surface area (Å²) in [7, 11) is 1.66. The molecule has 1 aliphatic rings. The molecular weight excluding hydrogens is 318 g/mol. The van der Waals surface area contributed by atoms with Crippen molar-refractivity contribution in [3.63, 3.8) is 0 Å². The van der Waals surface area contributed by atoms with Gasteiger partial charge in [-0.05, 0) is 24.3 Å². The Labute approximate surface area is 136 Å². The molecule has 9 heteroatoms. The minimum Gasteiger partial charge on any atom is -0.491 e. The molecule has 0 saturated carbocycles. The van der Waals surface area contributed by atoms with Crippen molar-refractivity contribution in [3.8, 4) is 5.75 Å². The summed E-state index contributed by atoms with van der Waals surface area (Å²) in [5, 5.41) is 13.1. The molecule has 2 aromatic rings. The standard InChI is InChI=1S/C15H13N3O6/c1-17-6-7-23-11-3-2-9(8-10(11)15(17)20)16-14(19)12-4-5-13(24-12)18(21)22/h2-5,8H,6-7H2,1H3,(H,16,19). The number of nitro groups is 1. The Bertz CT molecular complexity index is 828. The first kappa shape index (κ1) is 15.5. The van der Waals surface area contributed by atoms with Crippen molar-refractivity contribution < 1.29 is 23.7 Å². The Morgan fingerprint density at radius 3 is 2.83 bits per heavy atom. The SMILES string of the molecule is CN1CCOc2ccc(NC(=O)c3ccc([N+](=O)[O-])o3)cc2C1=O. The van der Waals surface area contributed by atoms with E-state index in [1.165, 1.54) is 17.0 Å². The fraction of sp³-hybridized carbons (Fsp3) is 0.200. The second-order valence-electron chi connectivity index (χ2n) is 5.14. The molecule has 2 heterocycles. The van der Waals surface area contributed by atoms with E-state index < -0.39 is 16.7 Å². The number of fused-ring (bicyclic) bond motifs is 1. The van der Waals surface area contributed by atoms with Gasteiger partial charge in [0.1, 0.15) is 17.3 Å². The summed E-state index contributed by atoms with van der Waals surface area (Å²) in [6.45, 7) is 0.849. The van der Waals surface area contributed by atoms with Crippen molar-refractivity contribution in [2.24, 2.45) is 0 Å². The molecule has 9 nitrogen and oxygen atoms in total. The molecule has 24 heavy (non-hydrogen) atoms. The van der Waals surface area contributed by atoms with Gasteiger partial charge < -0.3 is 19.4 Å². The molecule has 3 rings (SSSR count). The smallest absolute Gasteiger partial charge is 0.433 e. The number of nitrogens with one attached hydrogen (secondary N) is 1. The third-order valence-electron chi connectivity index (χ3n) is 3.49. The summed E-state index contributed by atoms with van der Waals surface area (Å²) in [5.74, 6) is -1.15. The fourth-order valence-corrected chi connectivity index (χ4v) is 2.24. The highest BCUT2D eigenvalue weighted by Gasteiger charge is 2.22. The van der Waals surface area contributed by atoms with E-state index in [-0.39, 0.29) is 11.7 Å². The van der Waals surface area contributed by atoms with Crippen LogP contribution in [0.25, 0.3) is 0 Å². The number of benzene rings is 1. The topological polar surface area (TPSA) is 115 Å². The zero-order valence-corrected chi connectivity index (χ0v) is 12.6. The van der Waals surface area contributed by atoms with Gasteiger partial charge in [0.15, 0.2) is 5.76 Å². The highest BCUT2D eigenvalue weighted by molar-refractivity contribution is 6.04. The van der Waals surface area contributed by atoms with Crippen molar-refractivity contribution in [2.75, 3.05) is 25.5 Å². The van der Waals surface area contributed by atoms with Gasteiger partial charge in [-0.2, -0.15) is 0 Å². The van der Waals surface area contributed by atoms with Crippen molar-refractivity contribution in [2.45, 2.75) is 0 Å². The van der Waals surface area contributed by atoms with Crippen LogP contribution in [0.1, 0.15) is 20.9 Å². The molecule has 0 saturated heterocycles. The molecule has 0 spiro atoms. The van der Waals surface area contributed by atoms with Crippen molar-refractivity contribution in [1.82, 2.24) is 4.90 Å². The molecule has 0 unspecified atom stereocenters. The number of anilines is 1. The monoisotopic (exact) mass is 331 g/mol. The highest BCUT2D eigenvalue weighted by atomic mass is 16.6. The first-order chi connectivity index (χ1) is 11.5. The van der Waals surface area contributed by atoms with Crippen LogP contribution in [0.2, 0.25) is 0 Å². The summed E-state index contributed by atoms with van der Waals surface area (Å²) < 4.78 is 10.3. The van der Waals surface area contributed by atoms with Gasteiger partial charge >= 0.3 is 5.88 Å². The van der Waals surface area contributed by atoms with E-state index in [9.17, 15) is 19.7 Å². The maximum atomic E-state index is 12.3. The second-order valence-corrected chi connectivity index (χ2v) is 5.14. The van der Waals surface area contributed by atoms with E-state index in [0.29, 0.717) is 30.2 Å². The van der Waals surface area contributed by atoms with Crippen molar-refractivity contribution in [1.29, 1.82) is 0 Å². The number of ether oxygens (including phenoxy) is 1. The fourth-order valence-electron chi connectivity index (χ4n) is 2.24. The lowest BCUT2D eigenvalue weighted by Crippen LogP contribution is -2.27. The van der Waals surface area contributed by atoms with Crippen LogP contribution in [0.5, 0.6) is 5.75 Å². The third kappa shape index (κ3) is 2.91. The summed E-state index contributed by atoms with van der Waals surface area (Å²) in [5.41, 5.74) is 0.684. The predicted octanol–water partition coefficient (Wildman–Crippen LogP) is 1.90. The summed E-state index contributed by atoms with van der Waals surface area (Å²) in [6.07, 6.45) is 0. The van der Waals surface area contributed by atoms with Gasteiger partial charge in [-0.15, -0.1) is 0 Å². The number of hydrogen-bond donors (Lipinski definition) is 1. The summed E-state index contributed by atoms with van der Waals surface area (Å²) in [4.78, 5) is 35.7. The number of hydrogen-bond acceptors (Lipinski definition) is 6. The zero-order valence-electron chi connectivity index (χ0n) is 12.6. The molecule has 0 fully saturated rings. The number of amides is 2. The molecule has 1 N–H and O–H groups in total. The highest BCUT2D eigenvalue weighted by Crippen LogP contribution is 2.26. The number of carbonyl (C=O) groups is 2. The first-order valence-corrected chi connectivity index (χ1v) is 7.03. The minimum absolute atomic E-state index is 0.198. The zero-order chi connectivity index (χ0) is 17.3. The number of likely N-dealkylation sites (N-methyl/N-ethyl adjacent to an activating group) is 1. The maximum absolute atomic E-state index is 12.3. The molecular formula is C15H13N3O6. The lowest BCUT2D eigenvalue weighted by atomic mass is 10.1. The van der Waals surface area contributed by atoms with E-state index in [1.54, 1.807) is 19.2 Å². The molecule has 0 bridgehead atoms. The van der Waals surface area contributed by atoms with Gasteiger partial charge in [-0.25, -0.2) is 0 Å². The van der Waals surface area contributed by atoms with Crippen LogP contribution < -0.4 is 10.1 Å². The van der Waals surface area contributed by atoms with Gasteiger partial charge in [-0.1, -0.05) is 0 Å². The van der Waals surface area contributed by atoms with Crippen LogP contribution >= 0.6 is 0 Å². The van der Waals surface area contributed by atoms with E-state index in [1.807, 2.05) is 0 Å². The van der Waals surface area contributed by atoms with Crippen LogP contribution in [0.4, 0.5) is 11.6 Å². The molecule has 1 aliphatic heterocycles. The Hall–Kier alpha value is -3.36. The Kier molecular flexibility index (Phi) is 3.90. The van der Waals surface area contributed by atoms with Gasteiger partial charge in [0.25, 0.3) is 11.8 Å². The summed E-state index contributed by atoms with van der Waals surface area (Å²) in [6, 6.07) is 6.96. The van der Waals surface area contributed by atoms with E-state index in [4.69, 9.17) is 9.15 Å². The van der Waals surface area contributed by atoms with E-state index in [0.717, 1.165) is 6.07 Å². The Morgan fingerprint density at radius 1 is 1.33 bits per heavy atom. The Balaban J connectivity index is 1.83. The minimum atomic E-state index is -0.731. The van der Waals surface area contributed by atoms with E-state index >= 15 is 0 Å². The normalized spacial score (nSPS) is 13.7. The molecule has 0 radical (unpaired) electrons. The average Bonchev–Trinajstić information content (AvgIpc) is 3.00. The van der Waals surface area contributed by atoms with E-state index in [2.05, 4.69) is 5.32 Å². The molecule has 1 aromatic heterocycles. The number of rotatable bonds is 3. The van der Waals surface area contributed by atoms with Gasteiger partial charge in [0.05, 0.1) is 18.2 Å². The lowest BCUT2D eigenvalue weighted by molar-refractivity contribution is -0.402. The van der Waals surface area contributed by atoms with Gasteiger partial charge in [-0.3, -0.25) is 19.7 Å². The second kappa shape index (κ2) is 6.03. The predicted molar refractivity (Wildman–Crippen MR) is 82.2 cm³/mol. The number of nitrogens with zero attached hydrogens (tertiary/aromatic N) is 2. The van der Waals surface area contributed by atoms with Crippen LogP contribution in [0.3, 0.4) is 0 Å². The average molecular weight is 331 g/mol. The maximum Gasteiger partial charge on any atom is 0.433 e. The van der Waals surface area contributed by atoms with Crippen molar-refractivity contribution >= 4 is 23.4 Å². The molecule has 124 valence electrons. The van der Waals surface area contributed by atoms with Crippen LogP contribution in [0, 0.1) is 10.1 Å². The van der Waals surface area contributed by atoms with Crippen LogP contribution in [0.15, 0.2) is 34.7 Å². The molecule has 2 amide bonds. The number of carbonyl (C=O) groups excluding carboxylic acids is 2. The van der Waals surface area contributed by atoms with Crippen molar-refractivity contribution in [3.05, 3.63) is 51.8 Å². The molecule has 0 aliphatic carbocycles. The molecule has 0 atom stereocenters. The third-order valence-corrected chi connectivity index (χ3v) is 3.49. The quantitative estimate of drug-likeness (QED) is 0.678. The van der Waals surface area contributed by atoms with Gasteiger partial charge in [0.2, 0.25) is 0 Å². The Morgan fingerprint density at radius 2 is 2.12 bits per heavy atom. The van der Waals surface area contributed by atoms with Crippen LogP contribution in [-0.4, -0.2) is 41.8 Å². The molecule has 1 aromatic carbocycles. The van der Waals surface area contributed by atoms with Gasteiger partial charge in [0, 0.05) is 12.7 Å². The largest absolute Gasteiger partial charge is 0.491 e. The first-order valence-electron chi connectivity index (χ1n) is 7.03. The van der Waals surface area contributed by atoms with Crippen LogP contribution in [-0.2, 0) is 0 Å². The lowest BCUT2D eigenvalue weighted by Gasteiger charge is -2.13. The summed E-state index contributed by atoms with van der Waals surface area (Å²) >= 11 is 0. The number of furan rings is 1.